The lowest BCUT2D eigenvalue weighted by molar-refractivity contribution is 0.416. The van der Waals surface area contributed by atoms with Crippen molar-refractivity contribution in [1.82, 2.24) is 9.97 Å². The monoisotopic (exact) mass is 248 g/mol. The Hall–Kier alpha value is -1.61. The van der Waals surface area contributed by atoms with Crippen LogP contribution in [-0.4, -0.2) is 17.1 Å². The molecule has 0 fully saturated rings. The van der Waals surface area contributed by atoms with Crippen LogP contribution in [0.4, 0.5) is 0 Å². The zero-order valence-electron chi connectivity index (χ0n) is 9.77. The summed E-state index contributed by atoms with van der Waals surface area (Å²) in [4.78, 5) is 8.62. The molecule has 1 aromatic heterocycles. The van der Waals surface area contributed by atoms with Crippen LogP contribution >= 0.6 is 11.6 Å². The van der Waals surface area contributed by atoms with E-state index in [0.29, 0.717) is 11.7 Å². The number of nitrogens with zero attached hydrogens (tertiary/aromatic N) is 2. The van der Waals surface area contributed by atoms with Gasteiger partial charge >= 0.3 is 0 Å². The van der Waals surface area contributed by atoms with E-state index in [9.17, 15) is 0 Å². The fraction of sp³-hybridized carbons (Fsp3) is 0.231. The molecule has 0 aliphatic heterocycles. The molecule has 1 heterocycles. The van der Waals surface area contributed by atoms with Gasteiger partial charge in [0.05, 0.1) is 24.2 Å². The van der Waals surface area contributed by atoms with Gasteiger partial charge in [-0.25, -0.2) is 9.97 Å². The van der Waals surface area contributed by atoms with Gasteiger partial charge in [0.15, 0.2) is 5.82 Å². The maximum Gasteiger partial charge on any atom is 0.163 e. The maximum atomic E-state index is 5.76. The first kappa shape index (κ1) is 11.9. The summed E-state index contributed by atoms with van der Waals surface area (Å²) in [5.41, 5.74) is 2.82. The van der Waals surface area contributed by atoms with E-state index in [1.165, 1.54) is 0 Å². The van der Waals surface area contributed by atoms with Crippen LogP contribution in [0.25, 0.3) is 11.4 Å². The summed E-state index contributed by atoms with van der Waals surface area (Å²) in [5, 5.41) is 0. The van der Waals surface area contributed by atoms with Crippen LogP contribution in [0.1, 0.15) is 11.3 Å². The van der Waals surface area contributed by atoms with Gasteiger partial charge in [0.2, 0.25) is 0 Å². The first-order chi connectivity index (χ1) is 8.24. The summed E-state index contributed by atoms with van der Waals surface area (Å²) in [7, 11) is 1.64. The second-order valence-electron chi connectivity index (χ2n) is 3.71. The summed E-state index contributed by atoms with van der Waals surface area (Å²) in [5.74, 6) is 1.79. The molecule has 0 saturated heterocycles. The molecule has 0 N–H and O–H groups in total. The van der Waals surface area contributed by atoms with Crippen molar-refractivity contribution < 1.29 is 4.74 Å². The van der Waals surface area contributed by atoms with E-state index >= 15 is 0 Å². The molecule has 0 atom stereocenters. The zero-order valence-corrected chi connectivity index (χ0v) is 10.5. The van der Waals surface area contributed by atoms with E-state index < -0.39 is 0 Å². The fourth-order valence-electron chi connectivity index (χ4n) is 1.58. The van der Waals surface area contributed by atoms with Crippen LogP contribution in [0.3, 0.4) is 0 Å². The molecule has 2 aromatic rings. The average molecular weight is 249 g/mol. The van der Waals surface area contributed by atoms with E-state index in [4.69, 9.17) is 16.3 Å². The lowest BCUT2D eigenvalue weighted by atomic mass is 10.1. The molecule has 17 heavy (non-hydrogen) atoms. The Kier molecular flexibility index (Phi) is 3.59. The number of hydrogen-bond donors (Lipinski definition) is 0. The van der Waals surface area contributed by atoms with Crippen LogP contribution in [0.5, 0.6) is 5.75 Å². The Balaban J connectivity index is 2.51. The third-order valence-corrected chi connectivity index (χ3v) is 2.72. The molecule has 0 amide bonds. The van der Waals surface area contributed by atoms with E-state index in [1.54, 1.807) is 19.4 Å². The van der Waals surface area contributed by atoms with Crippen LogP contribution in [0.15, 0.2) is 30.5 Å². The number of benzene rings is 1. The van der Waals surface area contributed by atoms with Gasteiger partial charge in [0, 0.05) is 6.20 Å². The topological polar surface area (TPSA) is 35.0 Å². The molecule has 2 rings (SSSR count). The summed E-state index contributed by atoms with van der Waals surface area (Å²) in [6, 6.07) is 7.74. The average Bonchev–Trinajstić information content (AvgIpc) is 2.38. The molecule has 0 aliphatic carbocycles. The fourth-order valence-corrected chi connectivity index (χ4v) is 1.73. The quantitative estimate of drug-likeness (QED) is 0.783. The van der Waals surface area contributed by atoms with Gasteiger partial charge in [-0.05, 0) is 30.7 Å². The van der Waals surface area contributed by atoms with E-state index in [0.717, 1.165) is 22.6 Å². The molecule has 3 nitrogen and oxygen atoms in total. The Bertz CT molecular complexity index is 529. The lowest BCUT2D eigenvalue weighted by Gasteiger charge is -2.08. The van der Waals surface area contributed by atoms with Crippen molar-refractivity contribution in [2.45, 2.75) is 12.8 Å². The van der Waals surface area contributed by atoms with Gasteiger partial charge in [0.25, 0.3) is 0 Å². The molecule has 0 radical (unpaired) electrons. The minimum atomic E-state index is 0.379. The molecule has 0 aliphatic rings. The predicted molar refractivity (Wildman–Crippen MR) is 68.3 cm³/mol. The number of alkyl halides is 1. The molecular formula is C13H13ClN2O. The van der Waals surface area contributed by atoms with Crippen molar-refractivity contribution in [3.63, 3.8) is 0 Å². The number of aryl methyl sites for hydroxylation is 1. The summed E-state index contributed by atoms with van der Waals surface area (Å²) >= 11 is 5.76. The lowest BCUT2D eigenvalue weighted by Crippen LogP contribution is -1.95. The zero-order chi connectivity index (χ0) is 12.3. The Morgan fingerprint density at radius 3 is 2.82 bits per heavy atom. The minimum absolute atomic E-state index is 0.379. The normalized spacial score (nSPS) is 10.3. The summed E-state index contributed by atoms with van der Waals surface area (Å²) < 4.78 is 5.34. The van der Waals surface area contributed by atoms with Crippen molar-refractivity contribution in [3.05, 3.63) is 41.7 Å². The Morgan fingerprint density at radius 1 is 1.29 bits per heavy atom. The summed E-state index contributed by atoms with van der Waals surface area (Å²) in [6.45, 7) is 2.02. The third kappa shape index (κ3) is 2.56. The molecule has 1 aromatic carbocycles. The van der Waals surface area contributed by atoms with Crippen LogP contribution in [0.2, 0.25) is 0 Å². The molecule has 88 valence electrons. The van der Waals surface area contributed by atoms with E-state index in [2.05, 4.69) is 9.97 Å². The first-order valence-electron chi connectivity index (χ1n) is 5.27. The highest BCUT2D eigenvalue weighted by atomic mass is 35.5. The van der Waals surface area contributed by atoms with Gasteiger partial charge < -0.3 is 4.74 Å². The standard InChI is InChI=1S/C13H13ClN2O/c1-9-3-4-11(12(7-9)17-2)13-15-6-5-10(8-14)16-13/h3-7H,8H2,1-2H3. The molecule has 0 unspecified atom stereocenters. The molecular weight excluding hydrogens is 236 g/mol. The predicted octanol–water partition coefficient (Wildman–Crippen LogP) is 3.20. The van der Waals surface area contributed by atoms with Gasteiger partial charge in [-0.2, -0.15) is 0 Å². The second kappa shape index (κ2) is 5.15. The van der Waals surface area contributed by atoms with Crippen LogP contribution in [0, 0.1) is 6.92 Å². The number of rotatable bonds is 3. The second-order valence-corrected chi connectivity index (χ2v) is 3.98. The number of halogens is 1. The van der Waals surface area contributed by atoms with Crippen molar-refractivity contribution in [3.8, 4) is 17.1 Å². The van der Waals surface area contributed by atoms with Crippen molar-refractivity contribution >= 4 is 11.6 Å². The molecule has 0 bridgehead atoms. The van der Waals surface area contributed by atoms with Crippen molar-refractivity contribution in [2.75, 3.05) is 7.11 Å². The maximum absolute atomic E-state index is 5.76. The van der Waals surface area contributed by atoms with Crippen LogP contribution in [-0.2, 0) is 5.88 Å². The number of ether oxygens (including phenoxy) is 1. The van der Waals surface area contributed by atoms with Gasteiger partial charge in [-0.3, -0.25) is 0 Å². The number of aromatic nitrogens is 2. The van der Waals surface area contributed by atoms with Crippen molar-refractivity contribution in [2.24, 2.45) is 0 Å². The number of methoxy groups -OCH3 is 1. The number of hydrogen-bond acceptors (Lipinski definition) is 3. The van der Waals surface area contributed by atoms with Gasteiger partial charge in [-0.1, -0.05) is 6.07 Å². The first-order valence-corrected chi connectivity index (χ1v) is 5.81. The smallest absolute Gasteiger partial charge is 0.163 e. The van der Waals surface area contributed by atoms with Crippen LogP contribution < -0.4 is 4.74 Å². The highest BCUT2D eigenvalue weighted by Crippen LogP contribution is 2.28. The highest BCUT2D eigenvalue weighted by Gasteiger charge is 2.09. The Morgan fingerprint density at radius 2 is 2.12 bits per heavy atom. The molecule has 0 spiro atoms. The largest absolute Gasteiger partial charge is 0.496 e. The van der Waals surface area contributed by atoms with Gasteiger partial charge in [0.1, 0.15) is 5.75 Å². The van der Waals surface area contributed by atoms with E-state index in [-0.39, 0.29) is 0 Å². The minimum Gasteiger partial charge on any atom is -0.496 e. The molecule has 0 saturated carbocycles. The SMILES string of the molecule is COc1cc(C)ccc1-c1nccc(CCl)n1. The van der Waals surface area contributed by atoms with Crippen molar-refractivity contribution in [1.29, 1.82) is 0 Å². The highest BCUT2D eigenvalue weighted by molar-refractivity contribution is 6.16. The third-order valence-electron chi connectivity index (χ3n) is 2.45. The Labute approximate surface area is 105 Å². The van der Waals surface area contributed by atoms with E-state index in [1.807, 2.05) is 25.1 Å². The summed E-state index contributed by atoms with van der Waals surface area (Å²) in [6.07, 6.45) is 1.71. The molecule has 4 heteroatoms. The van der Waals surface area contributed by atoms with Gasteiger partial charge in [-0.15, -0.1) is 11.6 Å².